The van der Waals surface area contributed by atoms with Crippen LogP contribution in [0.1, 0.15) is 40.6 Å². The van der Waals surface area contributed by atoms with E-state index in [9.17, 15) is 18.0 Å². The van der Waals surface area contributed by atoms with E-state index in [1.165, 1.54) is 23.9 Å². The fraction of sp³-hybridized carbons (Fsp3) is 0.231. The number of anilines is 1. The van der Waals surface area contributed by atoms with Crippen molar-refractivity contribution in [2.75, 3.05) is 11.6 Å². The molecule has 2 heterocycles. The molecule has 1 spiro atoms. The van der Waals surface area contributed by atoms with E-state index in [2.05, 4.69) is 5.32 Å². The van der Waals surface area contributed by atoms with Gasteiger partial charge in [-0.2, -0.15) is 13.2 Å². The van der Waals surface area contributed by atoms with Crippen molar-refractivity contribution in [2.24, 2.45) is 4.99 Å². The average molecular weight is 535 g/mol. The molecule has 0 aromatic heterocycles. The maximum atomic E-state index is 14.2. The van der Waals surface area contributed by atoms with E-state index >= 15 is 0 Å². The molecule has 0 fully saturated rings. The number of thioether (sulfide) groups is 1. The van der Waals surface area contributed by atoms with Gasteiger partial charge in [-0.25, -0.2) is 0 Å². The number of halogens is 5. The molecule has 0 aliphatic carbocycles. The summed E-state index contributed by atoms with van der Waals surface area (Å²) < 4.78 is 42.6. The Balaban J connectivity index is 1.87. The van der Waals surface area contributed by atoms with Gasteiger partial charge in [0.05, 0.1) is 16.6 Å². The molecule has 0 bridgehead atoms. The molecule has 3 atom stereocenters. The van der Waals surface area contributed by atoms with Crippen molar-refractivity contribution in [3.63, 3.8) is 0 Å². The summed E-state index contributed by atoms with van der Waals surface area (Å²) in [6.07, 6.45) is -2.41. The number of fused-ring (bicyclic) bond motifs is 2. The van der Waals surface area contributed by atoms with Crippen molar-refractivity contribution in [3.05, 3.63) is 99.0 Å². The Morgan fingerprint density at radius 1 is 1.03 bits per heavy atom. The van der Waals surface area contributed by atoms with Crippen LogP contribution in [0.25, 0.3) is 0 Å². The Morgan fingerprint density at radius 3 is 2.49 bits per heavy atom. The van der Waals surface area contributed by atoms with Gasteiger partial charge in [0.15, 0.2) is 0 Å². The fourth-order valence-corrected chi connectivity index (χ4v) is 6.23. The van der Waals surface area contributed by atoms with Gasteiger partial charge in [-0.1, -0.05) is 59.6 Å². The van der Waals surface area contributed by atoms with Crippen LogP contribution >= 0.6 is 35.0 Å². The number of aliphatic imine (C=N–C) groups is 1. The third-order valence-electron chi connectivity index (χ3n) is 6.73. The smallest absolute Gasteiger partial charge is 0.325 e. The summed E-state index contributed by atoms with van der Waals surface area (Å²) in [7, 11) is 0. The number of carbonyl (C=O) groups is 1. The van der Waals surface area contributed by atoms with E-state index in [-0.39, 0.29) is 5.56 Å². The molecule has 0 saturated carbocycles. The minimum atomic E-state index is -4.62. The van der Waals surface area contributed by atoms with E-state index in [4.69, 9.17) is 28.2 Å². The van der Waals surface area contributed by atoms with Gasteiger partial charge < -0.3 is 5.32 Å². The third kappa shape index (κ3) is 3.94. The van der Waals surface area contributed by atoms with Crippen molar-refractivity contribution < 1.29 is 18.0 Å². The van der Waals surface area contributed by atoms with Crippen molar-refractivity contribution in [1.82, 2.24) is 0 Å². The molecule has 5 rings (SSSR count). The Hall–Kier alpha value is -2.48. The summed E-state index contributed by atoms with van der Waals surface area (Å²) >= 11 is 13.9. The zero-order valence-corrected chi connectivity index (χ0v) is 20.7. The van der Waals surface area contributed by atoms with E-state index in [0.717, 1.165) is 11.6 Å². The van der Waals surface area contributed by atoms with Crippen LogP contribution in [0, 0.1) is 0 Å². The first-order valence-corrected chi connectivity index (χ1v) is 12.8. The minimum absolute atomic E-state index is 0.0452. The van der Waals surface area contributed by atoms with Gasteiger partial charge >= 0.3 is 6.18 Å². The van der Waals surface area contributed by atoms with Gasteiger partial charge in [-0.05, 0) is 53.3 Å². The number of nitrogens with one attached hydrogen (secondary N) is 1. The minimum Gasteiger partial charge on any atom is -0.325 e. The number of nitrogens with zero attached hydrogens (tertiary/aromatic N) is 1. The first kappa shape index (κ1) is 24.2. The summed E-state index contributed by atoms with van der Waals surface area (Å²) in [5, 5.41) is 4.45. The van der Waals surface area contributed by atoms with Gasteiger partial charge in [0.25, 0.3) is 0 Å². The second-order valence-electron chi connectivity index (χ2n) is 8.54. The van der Waals surface area contributed by atoms with Crippen LogP contribution in [-0.2, 0) is 16.4 Å². The lowest BCUT2D eigenvalue weighted by Gasteiger charge is -2.45. The molecular weight excluding hydrogens is 516 g/mol. The number of alkyl halides is 3. The summed E-state index contributed by atoms with van der Waals surface area (Å²) in [5.74, 6) is -0.930. The summed E-state index contributed by atoms with van der Waals surface area (Å²) in [6.45, 7) is 0. The molecule has 9 heteroatoms. The Kier molecular flexibility index (Phi) is 6.14. The third-order valence-corrected chi connectivity index (χ3v) is 7.94. The molecule has 35 heavy (non-hydrogen) atoms. The van der Waals surface area contributed by atoms with Crippen molar-refractivity contribution in [2.45, 2.75) is 30.0 Å². The molecule has 2 aliphatic heterocycles. The zero-order valence-electron chi connectivity index (χ0n) is 18.4. The Bertz CT molecular complexity index is 1360. The van der Waals surface area contributed by atoms with Crippen LogP contribution in [0.3, 0.4) is 0 Å². The maximum absolute atomic E-state index is 14.2. The quantitative estimate of drug-likeness (QED) is 0.363. The number of hydrogen-bond donors (Lipinski definition) is 1. The van der Waals surface area contributed by atoms with Gasteiger partial charge in [0.1, 0.15) is 5.41 Å². The number of hydrogen-bond acceptors (Lipinski definition) is 3. The first-order valence-electron chi connectivity index (χ1n) is 10.8. The van der Waals surface area contributed by atoms with Crippen LogP contribution < -0.4 is 5.32 Å². The van der Waals surface area contributed by atoms with Crippen LogP contribution in [0.15, 0.2) is 71.7 Å². The Labute approximate surface area is 214 Å². The monoisotopic (exact) mass is 534 g/mol. The lowest BCUT2D eigenvalue weighted by atomic mass is 9.60. The number of carbonyl (C=O) groups excluding carboxylic acids is 1. The van der Waals surface area contributed by atoms with Crippen LogP contribution in [-0.4, -0.2) is 17.2 Å². The normalized spacial score (nSPS) is 23.7. The van der Waals surface area contributed by atoms with Crippen molar-refractivity contribution in [3.8, 4) is 0 Å². The molecule has 1 unspecified atom stereocenters. The van der Waals surface area contributed by atoms with Crippen molar-refractivity contribution in [1.29, 1.82) is 0 Å². The summed E-state index contributed by atoms with van der Waals surface area (Å²) in [6, 6.07) is 16.3. The largest absolute Gasteiger partial charge is 0.416 e. The summed E-state index contributed by atoms with van der Waals surface area (Å²) in [5.41, 5.74) is -0.488. The topological polar surface area (TPSA) is 41.5 Å². The first-order chi connectivity index (χ1) is 16.7. The van der Waals surface area contributed by atoms with Crippen LogP contribution in [0.4, 0.5) is 18.9 Å². The highest BCUT2D eigenvalue weighted by Gasteiger charge is 2.61. The number of amides is 1. The molecule has 1 N–H and O–H groups in total. The van der Waals surface area contributed by atoms with Crippen LogP contribution in [0.5, 0.6) is 0 Å². The maximum Gasteiger partial charge on any atom is 0.416 e. The highest BCUT2D eigenvalue weighted by atomic mass is 35.5. The molecule has 2 aliphatic rings. The van der Waals surface area contributed by atoms with Gasteiger partial charge in [0, 0.05) is 28.1 Å². The molecule has 1 amide bonds. The molecule has 0 saturated heterocycles. The highest BCUT2D eigenvalue weighted by Crippen LogP contribution is 2.60. The number of benzene rings is 3. The zero-order chi connectivity index (χ0) is 25.0. The van der Waals surface area contributed by atoms with Crippen molar-refractivity contribution >= 4 is 51.6 Å². The fourth-order valence-electron chi connectivity index (χ4n) is 5.32. The standard InChI is InChI=1S/C26H19Cl2F3N2OS/c1-35-22-13-20(14-5-4-6-15(27)11-14)25(19-10-9-16(28)12-21(19)32-24(25)34)23(33-22)17-7-2-3-8-18(17)26(29,30)31/h2-12,20,23H,13H2,1H3,(H,32,34)/t20?,23-,25-/m0/s1. The molecule has 180 valence electrons. The SMILES string of the molecule is CSC1=N[C@@H](c2ccccc2C(F)(F)F)[C@@]2(C(=O)Nc3cc(Cl)ccc32)C(c2cccc(Cl)c2)C1. The lowest BCUT2D eigenvalue weighted by Crippen LogP contribution is -2.48. The second-order valence-corrected chi connectivity index (χ2v) is 10.3. The predicted molar refractivity (Wildman–Crippen MR) is 136 cm³/mol. The van der Waals surface area contributed by atoms with E-state index in [0.29, 0.717) is 32.8 Å². The average Bonchev–Trinajstić information content (AvgIpc) is 3.10. The van der Waals surface area contributed by atoms with Gasteiger partial charge in [-0.15, -0.1) is 11.8 Å². The summed E-state index contributed by atoms with van der Waals surface area (Å²) in [4.78, 5) is 18.8. The second kappa shape index (κ2) is 8.87. The highest BCUT2D eigenvalue weighted by molar-refractivity contribution is 8.13. The van der Waals surface area contributed by atoms with E-state index < -0.39 is 35.0 Å². The molecular formula is C26H19Cl2F3N2OS. The molecule has 3 nitrogen and oxygen atoms in total. The number of rotatable bonds is 2. The molecule has 3 aromatic rings. The Morgan fingerprint density at radius 2 is 1.77 bits per heavy atom. The van der Waals surface area contributed by atoms with E-state index in [1.54, 1.807) is 42.5 Å². The predicted octanol–water partition coefficient (Wildman–Crippen LogP) is 7.89. The molecule has 3 aromatic carbocycles. The molecule has 0 radical (unpaired) electrons. The van der Waals surface area contributed by atoms with Gasteiger partial charge in [0.2, 0.25) is 5.91 Å². The van der Waals surface area contributed by atoms with Crippen LogP contribution in [0.2, 0.25) is 10.0 Å². The van der Waals surface area contributed by atoms with Gasteiger partial charge in [-0.3, -0.25) is 9.79 Å². The van der Waals surface area contributed by atoms with E-state index in [1.807, 2.05) is 12.3 Å². The lowest BCUT2D eigenvalue weighted by molar-refractivity contribution is -0.139.